The number of hydrogen-bond donors (Lipinski definition) is 1. The maximum Gasteiger partial charge on any atom is 0.248 e. The first-order valence-corrected chi connectivity index (χ1v) is 9.67. The van der Waals surface area contributed by atoms with Crippen LogP contribution in [0.2, 0.25) is 0 Å². The highest BCUT2D eigenvalue weighted by Gasteiger charge is 2.29. The van der Waals surface area contributed by atoms with E-state index in [1.165, 1.54) is 16.4 Å². The van der Waals surface area contributed by atoms with Crippen LogP contribution in [0.3, 0.4) is 0 Å². The van der Waals surface area contributed by atoms with Crippen molar-refractivity contribution in [2.24, 2.45) is 0 Å². The molecule has 0 aliphatic carbocycles. The van der Waals surface area contributed by atoms with E-state index in [4.69, 9.17) is 4.74 Å². The van der Waals surface area contributed by atoms with E-state index in [9.17, 15) is 17.6 Å². The summed E-state index contributed by atoms with van der Waals surface area (Å²) in [6, 6.07) is 6.92. The van der Waals surface area contributed by atoms with Gasteiger partial charge in [-0.1, -0.05) is 0 Å². The number of rotatable bonds is 5. The van der Waals surface area contributed by atoms with E-state index in [-0.39, 0.29) is 32.0 Å². The van der Waals surface area contributed by atoms with Gasteiger partial charge in [0.15, 0.2) is 0 Å². The van der Waals surface area contributed by atoms with Crippen LogP contribution in [0.25, 0.3) is 6.08 Å². The van der Waals surface area contributed by atoms with Gasteiger partial charge in [0.25, 0.3) is 0 Å². The van der Waals surface area contributed by atoms with Gasteiger partial charge in [-0.2, -0.15) is 4.31 Å². The summed E-state index contributed by atoms with van der Waals surface area (Å²) < 4.78 is 45.8. The highest BCUT2D eigenvalue weighted by molar-refractivity contribution is 7.89. The fourth-order valence-electron chi connectivity index (χ4n) is 2.54. The molecule has 0 saturated carbocycles. The second kappa shape index (κ2) is 8.38. The molecular weight excluding hydrogens is 373 g/mol. The standard InChI is InChI=1S/C18H18FN3O4S/c19-16-3-2-15(21-18(23)4-1-14-5-7-20-8-6-14)13-17(16)27(24,25)22-9-11-26-12-10-22/h1-8,13H,9-12H2,(H,21,23)/b4-1+. The summed E-state index contributed by atoms with van der Waals surface area (Å²) in [6.07, 6.45) is 6.08. The summed E-state index contributed by atoms with van der Waals surface area (Å²) >= 11 is 0. The Labute approximate surface area is 156 Å². The number of carbonyl (C=O) groups excluding carboxylic acids is 1. The van der Waals surface area contributed by atoms with E-state index >= 15 is 0 Å². The number of morpholine rings is 1. The maximum absolute atomic E-state index is 14.2. The summed E-state index contributed by atoms with van der Waals surface area (Å²) in [5.41, 5.74) is 0.974. The normalized spacial score (nSPS) is 15.7. The predicted molar refractivity (Wildman–Crippen MR) is 97.9 cm³/mol. The Kier molecular flexibility index (Phi) is 5.94. The minimum atomic E-state index is -4.00. The van der Waals surface area contributed by atoms with E-state index in [1.54, 1.807) is 30.6 Å². The SMILES string of the molecule is O=C(/C=C/c1ccncc1)Nc1ccc(F)c(S(=O)(=O)N2CCOCC2)c1. The highest BCUT2D eigenvalue weighted by Crippen LogP contribution is 2.24. The topological polar surface area (TPSA) is 88.6 Å². The van der Waals surface area contributed by atoms with Crippen molar-refractivity contribution < 1.29 is 22.3 Å². The van der Waals surface area contributed by atoms with Gasteiger partial charge in [-0.3, -0.25) is 9.78 Å². The van der Waals surface area contributed by atoms with Crippen LogP contribution in [0.15, 0.2) is 53.7 Å². The minimum absolute atomic E-state index is 0.160. The summed E-state index contributed by atoms with van der Waals surface area (Å²) in [5.74, 6) is -1.33. The Morgan fingerprint density at radius 3 is 2.59 bits per heavy atom. The van der Waals surface area contributed by atoms with Gasteiger partial charge < -0.3 is 10.1 Å². The fourth-order valence-corrected chi connectivity index (χ4v) is 4.03. The Morgan fingerprint density at radius 2 is 1.89 bits per heavy atom. The van der Waals surface area contributed by atoms with Crippen molar-refractivity contribution in [1.82, 2.24) is 9.29 Å². The molecule has 2 heterocycles. The molecule has 3 rings (SSSR count). The molecule has 27 heavy (non-hydrogen) atoms. The molecule has 1 amide bonds. The Hall–Kier alpha value is -2.62. The molecule has 0 bridgehead atoms. The first-order chi connectivity index (χ1) is 13.0. The zero-order valence-corrected chi connectivity index (χ0v) is 15.2. The van der Waals surface area contributed by atoms with E-state index in [0.29, 0.717) is 0 Å². The minimum Gasteiger partial charge on any atom is -0.379 e. The second-order valence-corrected chi connectivity index (χ2v) is 7.67. The van der Waals surface area contributed by atoms with Gasteiger partial charge >= 0.3 is 0 Å². The van der Waals surface area contributed by atoms with Gasteiger partial charge in [-0.05, 0) is 42.0 Å². The maximum atomic E-state index is 14.2. The molecule has 1 fully saturated rings. The molecule has 0 radical (unpaired) electrons. The number of sulfonamides is 1. The summed E-state index contributed by atoms with van der Waals surface area (Å²) in [5, 5.41) is 2.54. The summed E-state index contributed by atoms with van der Waals surface area (Å²) in [6.45, 7) is 0.841. The number of benzene rings is 1. The molecule has 0 unspecified atom stereocenters. The molecule has 1 aromatic heterocycles. The smallest absolute Gasteiger partial charge is 0.248 e. The van der Waals surface area contributed by atoms with Crippen LogP contribution in [0.5, 0.6) is 0 Å². The number of amides is 1. The number of halogens is 1. The quantitative estimate of drug-likeness (QED) is 0.787. The molecule has 0 atom stereocenters. The molecule has 0 spiro atoms. The molecule has 9 heteroatoms. The van der Waals surface area contributed by atoms with Crippen molar-refractivity contribution in [3.8, 4) is 0 Å². The van der Waals surface area contributed by atoms with E-state index in [2.05, 4.69) is 10.3 Å². The molecule has 1 aliphatic rings. The van der Waals surface area contributed by atoms with Crippen LogP contribution < -0.4 is 5.32 Å². The van der Waals surface area contributed by atoms with Crippen LogP contribution in [-0.2, 0) is 19.6 Å². The molecule has 1 aliphatic heterocycles. The molecule has 2 aromatic rings. The van der Waals surface area contributed by atoms with Gasteiger partial charge in [0, 0.05) is 37.2 Å². The van der Waals surface area contributed by atoms with E-state index in [0.717, 1.165) is 17.7 Å². The van der Waals surface area contributed by atoms with Gasteiger partial charge in [0.2, 0.25) is 15.9 Å². The summed E-state index contributed by atoms with van der Waals surface area (Å²) in [4.78, 5) is 15.5. The van der Waals surface area contributed by atoms with Crippen molar-refractivity contribution in [3.63, 3.8) is 0 Å². The molecular formula is C18H18FN3O4S. The van der Waals surface area contributed by atoms with Gasteiger partial charge in [-0.15, -0.1) is 0 Å². The van der Waals surface area contributed by atoms with Crippen molar-refractivity contribution >= 4 is 27.7 Å². The van der Waals surface area contributed by atoms with Crippen molar-refractivity contribution in [3.05, 3.63) is 60.2 Å². The van der Waals surface area contributed by atoms with Gasteiger partial charge in [0.05, 0.1) is 13.2 Å². The Balaban J connectivity index is 1.77. The average Bonchev–Trinajstić information content (AvgIpc) is 2.69. The monoisotopic (exact) mass is 391 g/mol. The van der Waals surface area contributed by atoms with Crippen molar-refractivity contribution in [2.45, 2.75) is 4.90 Å². The number of carbonyl (C=O) groups is 1. The first-order valence-electron chi connectivity index (χ1n) is 8.23. The van der Waals surface area contributed by atoms with Crippen LogP contribution >= 0.6 is 0 Å². The molecule has 1 aromatic carbocycles. The van der Waals surface area contributed by atoms with E-state index < -0.39 is 26.6 Å². The molecule has 7 nitrogen and oxygen atoms in total. The fraction of sp³-hybridized carbons (Fsp3) is 0.222. The van der Waals surface area contributed by atoms with Crippen LogP contribution in [0.1, 0.15) is 5.56 Å². The highest BCUT2D eigenvalue weighted by atomic mass is 32.2. The van der Waals surface area contributed by atoms with Gasteiger partial charge in [-0.25, -0.2) is 12.8 Å². The number of nitrogens with zero attached hydrogens (tertiary/aromatic N) is 2. The van der Waals surface area contributed by atoms with Crippen LogP contribution in [-0.4, -0.2) is 49.9 Å². The lowest BCUT2D eigenvalue weighted by molar-refractivity contribution is -0.111. The zero-order chi connectivity index (χ0) is 19.3. The third kappa shape index (κ3) is 4.76. The Morgan fingerprint density at radius 1 is 1.19 bits per heavy atom. The first kappa shape index (κ1) is 19.2. The third-order valence-corrected chi connectivity index (χ3v) is 5.83. The van der Waals surface area contributed by atoms with Crippen LogP contribution in [0, 0.1) is 5.82 Å². The third-order valence-electron chi connectivity index (χ3n) is 3.92. The molecule has 1 saturated heterocycles. The summed E-state index contributed by atoms with van der Waals surface area (Å²) in [7, 11) is -4.00. The van der Waals surface area contributed by atoms with E-state index in [1.807, 2.05) is 0 Å². The number of aromatic nitrogens is 1. The molecule has 142 valence electrons. The van der Waals surface area contributed by atoms with Gasteiger partial charge in [0.1, 0.15) is 10.7 Å². The lowest BCUT2D eigenvalue weighted by atomic mass is 10.2. The van der Waals surface area contributed by atoms with Crippen LogP contribution in [0.4, 0.5) is 10.1 Å². The largest absolute Gasteiger partial charge is 0.379 e. The lowest BCUT2D eigenvalue weighted by Gasteiger charge is -2.26. The Bertz CT molecular complexity index is 942. The van der Waals surface area contributed by atoms with Crippen molar-refractivity contribution in [2.75, 3.05) is 31.6 Å². The lowest BCUT2D eigenvalue weighted by Crippen LogP contribution is -2.40. The second-order valence-electron chi connectivity index (χ2n) is 5.76. The average molecular weight is 391 g/mol. The number of pyridine rings is 1. The van der Waals surface area contributed by atoms with Crippen molar-refractivity contribution in [1.29, 1.82) is 0 Å². The number of hydrogen-bond acceptors (Lipinski definition) is 5. The predicted octanol–water partition coefficient (Wildman–Crippen LogP) is 1.89. The number of ether oxygens (including phenoxy) is 1. The number of nitrogens with one attached hydrogen (secondary N) is 1. The number of anilines is 1. The molecule has 1 N–H and O–H groups in total. The zero-order valence-electron chi connectivity index (χ0n) is 14.3.